The predicted octanol–water partition coefficient (Wildman–Crippen LogP) is 2.26. The normalized spacial score (nSPS) is 21.8. The van der Waals surface area contributed by atoms with Crippen LogP contribution < -0.4 is 0 Å². The Balaban J connectivity index is 1.33. The summed E-state index contributed by atoms with van der Waals surface area (Å²) >= 11 is 0. The van der Waals surface area contributed by atoms with Gasteiger partial charge in [0.2, 0.25) is 0 Å². The average Bonchev–Trinajstić information content (AvgIpc) is 3.16. The van der Waals surface area contributed by atoms with Crippen LogP contribution in [0.5, 0.6) is 0 Å². The Kier molecular flexibility index (Phi) is 5.68. The molecule has 0 bridgehead atoms. The summed E-state index contributed by atoms with van der Waals surface area (Å²) in [5, 5.41) is 4.07. The quantitative estimate of drug-likeness (QED) is 0.778. The molecular weight excluding hydrogens is 360 g/mol. The Labute approximate surface area is 164 Å². The second-order valence-corrected chi connectivity index (χ2v) is 7.66. The molecule has 2 aromatic rings. The van der Waals surface area contributed by atoms with Crippen LogP contribution in [0.25, 0.3) is 0 Å². The molecule has 4 rings (SSSR count). The molecule has 2 aliphatic rings. The lowest BCUT2D eigenvalue weighted by molar-refractivity contribution is -0.123. The maximum Gasteiger partial charge on any atom is 0.253 e. The van der Waals surface area contributed by atoms with E-state index in [-0.39, 0.29) is 11.5 Å². The molecule has 0 saturated carbocycles. The van der Waals surface area contributed by atoms with E-state index in [9.17, 15) is 4.79 Å². The fourth-order valence-corrected chi connectivity index (χ4v) is 4.26. The monoisotopic (exact) mass is 386 g/mol. The van der Waals surface area contributed by atoms with Crippen molar-refractivity contribution in [3.8, 4) is 0 Å². The molecule has 0 aliphatic carbocycles. The van der Waals surface area contributed by atoms with Crippen LogP contribution in [0.3, 0.4) is 0 Å². The smallest absolute Gasteiger partial charge is 0.253 e. The summed E-state index contributed by atoms with van der Waals surface area (Å²) in [5.74, 6) is 1.79. The van der Waals surface area contributed by atoms with Crippen LogP contribution >= 0.6 is 0 Å². The van der Waals surface area contributed by atoms with Crippen LogP contribution in [0.2, 0.25) is 0 Å². The number of pyridine rings is 1. The Morgan fingerprint density at radius 2 is 2.11 bits per heavy atom. The highest BCUT2D eigenvalue weighted by molar-refractivity contribution is 5.94. The number of rotatable bonds is 5. The number of methoxy groups -OCH3 is 1. The van der Waals surface area contributed by atoms with Crippen LogP contribution in [0.4, 0.5) is 0 Å². The molecule has 2 fully saturated rings. The minimum atomic E-state index is -0.142. The summed E-state index contributed by atoms with van der Waals surface area (Å²) in [4.78, 5) is 22.9. The van der Waals surface area contributed by atoms with Gasteiger partial charge in [-0.15, -0.1) is 0 Å². The van der Waals surface area contributed by atoms with E-state index in [1.807, 2.05) is 4.90 Å². The largest absolute Gasteiger partial charge is 0.375 e. The number of likely N-dealkylation sites (tertiary alicyclic amines) is 1. The molecule has 1 spiro atoms. The Morgan fingerprint density at radius 3 is 2.86 bits per heavy atom. The van der Waals surface area contributed by atoms with Crippen molar-refractivity contribution in [2.24, 2.45) is 5.92 Å². The van der Waals surface area contributed by atoms with Crippen LogP contribution in [0.1, 0.15) is 47.8 Å². The molecule has 8 nitrogen and oxygen atoms in total. The maximum absolute atomic E-state index is 12.7. The van der Waals surface area contributed by atoms with E-state index in [0.717, 1.165) is 44.5 Å². The number of carbonyl (C=O) groups excluding carboxylic acids is 1. The average molecular weight is 386 g/mol. The summed E-state index contributed by atoms with van der Waals surface area (Å²) in [7, 11) is 1.61. The van der Waals surface area contributed by atoms with Crippen LogP contribution in [0, 0.1) is 5.92 Å². The van der Waals surface area contributed by atoms with Crippen molar-refractivity contribution >= 4 is 5.91 Å². The molecule has 28 heavy (non-hydrogen) atoms. The van der Waals surface area contributed by atoms with E-state index in [0.29, 0.717) is 37.1 Å². The van der Waals surface area contributed by atoms with E-state index in [1.54, 1.807) is 31.6 Å². The van der Waals surface area contributed by atoms with E-state index in [4.69, 9.17) is 14.0 Å². The molecule has 0 N–H and O–H groups in total. The lowest BCUT2D eigenvalue weighted by atomic mass is 9.78. The molecule has 0 radical (unpaired) electrons. The highest BCUT2D eigenvalue weighted by Crippen LogP contribution is 2.38. The van der Waals surface area contributed by atoms with Gasteiger partial charge in [-0.2, -0.15) is 4.98 Å². The molecule has 8 heteroatoms. The summed E-state index contributed by atoms with van der Waals surface area (Å²) in [6.45, 7) is 2.51. The number of nitrogens with zero attached hydrogens (tertiary/aromatic N) is 4. The second kappa shape index (κ2) is 8.36. The minimum absolute atomic E-state index is 0.0714. The first kappa shape index (κ1) is 19.0. The highest BCUT2D eigenvalue weighted by Gasteiger charge is 2.41. The number of piperidine rings is 1. The van der Waals surface area contributed by atoms with Gasteiger partial charge in [0.15, 0.2) is 5.82 Å². The molecule has 150 valence electrons. The van der Waals surface area contributed by atoms with Gasteiger partial charge >= 0.3 is 0 Å². The van der Waals surface area contributed by atoms with E-state index < -0.39 is 0 Å². The number of hydrogen-bond acceptors (Lipinski definition) is 7. The third-order valence-electron chi connectivity index (χ3n) is 5.73. The second-order valence-electron chi connectivity index (χ2n) is 7.66. The lowest BCUT2D eigenvalue weighted by Crippen LogP contribution is -2.51. The van der Waals surface area contributed by atoms with Crippen molar-refractivity contribution in [3.05, 3.63) is 41.8 Å². The highest BCUT2D eigenvalue weighted by atomic mass is 16.5. The standard InChI is InChI=1S/C20H26N4O4/c1-26-14-18-22-17(23-28-18)12-15-4-11-27-20(13-15)5-9-24(10-6-20)19(25)16-2-7-21-8-3-16/h2-3,7-8,15H,4-6,9-14H2,1H3. The summed E-state index contributed by atoms with van der Waals surface area (Å²) in [6.07, 6.45) is 7.79. The third kappa shape index (κ3) is 4.23. The number of amides is 1. The Bertz CT molecular complexity index is 787. The number of hydrogen-bond donors (Lipinski definition) is 0. The van der Waals surface area contributed by atoms with Crippen LogP contribution in [-0.4, -0.2) is 58.3 Å². The van der Waals surface area contributed by atoms with E-state index >= 15 is 0 Å². The summed E-state index contributed by atoms with van der Waals surface area (Å²) in [6, 6.07) is 3.53. The molecule has 1 atom stereocenters. The zero-order chi connectivity index (χ0) is 19.4. The van der Waals surface area contributed by atoms with Crippen LogP contribution in [-0.2, 0) is 22.5 Å². The molecule has 0 aromatic carbocycles. The number of ether oxygens (including phenoxy) is 2. The van der Waals surface area contributed by atoms with E-state index in [1.165, 1.54) is 0 Å². The lowest BCUT2D eigenvalue weighted by Gasteiger charge is -2.46. The molecular formula is C20H26N4O4. The van der Waals surface area contributed by atoms with Gasteiger partial charge in [0.05, 0.1) is 5.60 Å². The van der Waals surface area contributed by atoms with Crippen molar-refractivity contribution in [2.45, 2.75) is 44.3 Å². The van der Waals surface area contributed by atoms with Crippen molar-refractivity contribution in [1.82, 2.24) is 20.0 Å². The van der Waals surface area contributed by atoms with Crippen molar-refractivity contribution < 1.29 is 18.8 Å². The fraction of sp³-hybridized carbons (Fsp3) is 0.600. The molecule has 4 heterocycles. The Hall–Kier alpha value is -2.32. The van der Waals surface area contributed by atoms with Gasteiger partial charge in [-0.25, -0.2) is 0 Å². The van der Waals surface area contributed by atoms with Gasteiger partial charge in [-0.05, 0) is 43.7 Å². The molecule has 1 unspecified atom stereocenters. The summed E-state index contributed by atoms with van der Waals surface area (Å²) < 4.78 is 16.5. The molecule has 2 aromatic heterocycles. The first-order valence-electron chi connectivity index (χ1n) is 9.81. The third-order valence-corrected chi connectivity index (χ3v) is 5.73. The molecule has 2 saturated heterocycles. The SMILES string of the molecule is COCc1nc(CC2CCOC3(CCN(C(=O)c4ccncc4)CC3)C2)no1. The van der Waals surface area contributed by atoms with Gasteiger partial charge in [-0.3, -0.25) is 9.78 Å². The van der Waals surface area contributed by atoms with Crippen molar-refractivity contribution in [1.29, 1.82) is 0 Å². The first-order valence-corrected chi connectivity index (χ1v) is 9.81. The zero-order valence-corrected chi connectivity index (χ0v) is 16.2. The van der Waals surface area contributed by atoms with Gasteiger partial charge in [0.25, 0.3) is 11.8 Å². The first-order chi connectivity index (χ1) is 13.7. The number of carbonyl (C=O) groups is 1. The van der Waals surface area contributed by atoms with Crippen molar-refractivity contribution in [3.63, 3.8) is 0 Å². The van der Waals surface area contributed by atoms with E-state index in [2.05, 4.69) is 15.1 Å². The van der Waals surface area contributed by atoms with Crippen molar-refractivity contribution in [2.75, 3.05) is 26.8 Å². The Morgan fingerprint density at radius 1 is 1.32 bits per heavy atom. The van der Waals surface area contributed by atoms with Gasteiger partial charge in [0, 0.05) is 51.2 Å². The zero-order valence-electron chi connectivity index (χ0n) is 16.2. The van der Waals surface area contributed by atoms with Gasteiger partial charge in [-0.1, -0.05) is 5.16 Å². The number of aromatic nitrogens is 3. The summed E-state index contributed by atoms with van der Waals surface area (Å²) in [5.41, 5.74) is 0.550. The van der Waals surface area contributed by atoms with Crippen LogP contribution in [0.15, 0.2) is 29.0 Å². The predicted molar refractivity (Wildman–Crippen MR) is 99.5 cm³/mol. The fourth-order valence-electron chi connectivity index (χ4n) is 4.26. The van der Waals surface area contributed by atoms with Gasteiger partial charge in [0.1, 0.15) is 6.61 Å². The molecule has 1 amide bonds. The topological polar surface area (TPSA) is 90.6 Å². The van der Waals surface area contributed by atoms with Gasteiger partial charge < -0.3 is 18.9 Å². The molecule has 2 aliphatic heterocycles. The maximum atomic E-state index is 12.7. The minimum Gasteiger partial charge on any atom is -0.375 e.